The molecule has 0 heterocycles. The molecule has 0 saturated carbocycles. The third-order valence-electron chi connectivity index (χ3n) is 4.58. The highest BCUT2D eigenvalue weighted by atomic mass is 32.2. The number of carbonyl (C=O) groups excluding carboxylic acids is 2. The predicted molar refractivity (Wildman–Crippen MR) is 103 cm³/mol. The maximum atomic E-state index is 13.9. The Balaban J connectivity index is 2.72. The van der Waals surface area contributed by atoms with E-state index in [1.54, 1.807) is 0 Å². The molecular formula is C20H16F6O6S. The quantitative estimate of drug-likeness (QED) is 0.333. The molecule has 6 nitrogen and oxygen atoms in total. The summed E-state index contributed by atoms with van der Waals surface area (Å²) in [7, 11) is -3.65. The summed E-state index contributed by atoms with van der Waals surface area (Å²) in [4.78, 5) is 20.1. The highest BCUT2D eigenvalue weighted by molar-refractivity contribution is 7.99. The molecule has 180 valence electrons. The molecule has 0 fully saturated rings. The summed E-state index contributed by atoms with van der Waals surface area (Å²) >= 11 is 0. The van der Waals surface area contributed by atoms with Gasteiger partial charge in [0.05, 0.1) is 24.0 Å². The standard InChI is InChI=1S/C20H16F6O6S/c1-31-15(27)9-11-5-3-7-13(17(11)19(21,22)23)33(29,30)14-8-4-6-12(10-16(28)32-2)18(14)20(24,25)26/h3-10,17-18H,1-2H3. The second kappa shape index (κ2) is 9.41. The van der Waals surface area contributed by atoms with Crippen LogP contribution < -0.4 is 0 Å². The summed E-state index contributed by atoms with van der Waals surface area (Å²) in [5.74, 6) is -8.31. The molecule has 0 aromatic heterocycles. The highest BCUT2D eigenvalue weighted by Gasteiger charge is 2.54. The summed E-state index contributed by atoms with van der Waals surface area (Å²) in [6, 6.07) is 0. The van der Waals surface area contributed by atoms with Crippen LogP contribution in [0.1, 0.15) is 0 Å². The van der Waals surface area contributed by atoms with Crippen LogP contribution in [0, 0.1) is 11.8 Å². The van der Waals surface area contributed by atoms with E-state index in [-0.39, 0.29) is 0 Å². The van der Waals surface area contributed by atoms with E-state index in [4.69, 9.17) is 0 Å². The second-order valence-corrected chi connectivity index (χ2v) is 8.59. The van der Waals surface area contributed by atoms with Gasteiger partial charge in [-0.3, -0.25) is 0 Å². The SMILES string of the molecule is COC(=O)C=C1C=CC=C(S(=O)(=O)C2=CC=CC(=CC(=O)OC)C2C(F)(F)F)C1C(F)(F)F. The van der Waals surface area contributed by atoms with Crippen LogP contribution in [0.4, 0.5) is 26.3 Å². The topological polar surface area (TPSA) is 86.7 Å². The van der Waals surface area contributed by atoms with Crippen molar-refractivity contribution in [2.75, 3.05) is 14.2 Å². The van der Waals surface area contributed by atoms with E-state index in [0.29, 0.717) is 24.3 Å². The first kappa shape index (κ1) is 26.2. The summed E-state index contributed by atoms with van der Waals surface area (Å²) in [6.07, 6.45) is -5.43. The third-order valence-corrected chi connectivity index (χ3v) is 6.57. The highest BCUT2D eigenvalue weighted by Crippen LogP contribution is 2.48. The molecule has 0 saturated heterocycles. The zero-order chi connectivity index (χ0) is 25.2. The van der Waals surface area contributed by atoms with Crippen LogP contribution in [-0.4, -0.2) is 46.9 Å². The van der Waals surface area contributed by atoms with Gasteiger partial charge in [-0.25, -0.2) is 18.0 Å². The van der Waals surface area contributed by atoms with Crippen molar-refractivity contribution in [3.8, 4) is 0 Å². The molecule has 0 radical (unpaired) electrons. The fraction of sp³-hybridized carbons (Fsp3) is 0.300. The summed E-state index contributed by atoms with van der Waals surface area (Å²) < 4.78 is 118. The molecule has 0 amide bonds. The Hall–Kier alpha value is -3.09. The number of rotatable bonds is 4. The number of alkyl halides is 6. The molecule has 2 aliphatic rings. The number of halogens is 6. The van der Waals surface area contributed by atoms with Crippen molar-refractivity contribution in [3.63, 3.8) is 0 Å². The molecule has 0 aliphatic heterocycles. The maximum Gasteiger partial charge on any atom is 0.400 e. The number of carbonyl (C=O) groups is 2. The minimum atomic E-state index is -5.41. The van der Waals surface area contributed by atoms with Crippen molar-refractivity contribution in [1.29, 1.82) is 0 Å². The van der Waals surface area contributed by atoms with Gasteiger partial charge in [-0.1, -0.05) is 24.3 Å². The minimum absolute atomic E-state index is 0.399. The summed E-state index contributed by atoms with van der Waals surface area (Å²) in [5, 5.41) is 0. The molecule has 0 bridgehead atoms. The van der Waals surface area contributed by atoms with E-state index in [9.17, 15) is 44.3 Å². The van der Waals surface area contributed by atoms with Crippen LogP contribution in [0.2, 0.25) is 0 Å². The van der Waals surface area contributed by atoms with Crippen LogP contribution in [0.15, 0.2) is 69.6 Å². The van der Waals surface area contributed by atoms with Crippen molar-refractivity contribution >= 4 is 21.8 Å². The fourth-order valence-electron chi connectivity index (χ4n) is 3.20. The van der Waals surface area contributed by atoms with Gasteiger partial charge in [-0.15, -0.1) is 0 Å². The molecule has 2 aliphatic carbocycles. The van der Waals surface area contributed by atoms with E-state index in [1.165, 1.54) is 0 Å². The lowest BCUT2D eigenvalue weighted by Gasteiger charge is -2.31. The van der Waals surface area contributed by atoms with Crippen molar-refractivity contribution in [2.24, 2.45) is 11.8 Å². The molecule has 0 aromatic rings. The average Bonchev–Trinajstić information content (AvgIpc) is 2.71. The Labute approximate surface area is 184 Å². The number of ether oxygens (including phenoxy) is 2. The smallest absolute Gasteiger partial charge is 0.400 e. The molecule has 2 rings (SSSR count). The number of methoxy groups -OCH3 is 2. The number of sulfone groups is 1. The molecule has 0 aromatic carbocycles. The van der Waals surface area contributed by atoms with E-state index in [1.807, 2.05) is 0 Å². The Bertz CT molecular complexity index is 1030. The van der Waals surface area contributed by atoms with Crippen molar-refractivity contribution < 1.29 is 53.8 Å². The molecule has 33 heavy (non-hydrogen) atoms. The van der Waals surface area contributed by atoms with E-state index in [2.05, 4.69) is 9.47 Å². The van der Waals surface area contributed by atoms with Crippen LogP contribution in [-0.2, 0) is 28.9 Å². The molecular weight excluding hydrogens is 482 g/mol. The monoisotopic (exact) mass is 498 g/mol. The van der Waals surface area contributed by atoms with E-state index in [0.717, 1.165) is 38.5 Å². The normalized spacial score (nSPS) is 23.9. The zero-order valence-electron chi connectivity index (χ0n) is 16.9. The average molecular weight is 498 g/mol. The van der Waals surface area contributed by atoms with Gasteiger partial charge in [0.2, 0.25) is 9.84 Å². The number of hydrogen-bond donors (Lipinski definition) is 0. The fourth-order valence-corrected chi connectivity index (χ4v) is 5.15. The Morgan fingerprint density at radius 2 is 1.12 bits per heavy atom. The number of allylic oxidation sites excluding steroid dienone is 10. The Kier molecular flexibility index (Phi) is 7.46. The van der Waals surface area contributed by atoms with Crippen LogP contribution in [0.5, 0.6) is 0 Å². The Morgan fingerprint density at radius 3 is 1.39 bits per heavy atom. The van der Waals surface area contributed by atoms with Crippen molar-refractivity contribution in [1.82, 2.24) is 0 Å². The van der Waals surface area contributed by atoms with Gasteiger partial charge in [0, 0.05) is 12.2 Å². The van der Waals surface area contributed by atoms with Gasteiger partial charge in [0.25, 0.3) is 0 Å². The second-order valence-electron chi connectivity index (χ2n) is 6.64. The van der Waals surface area contributed by atoms with Gasteiger partial charge in [-0.2, -0.15) is 26.3 Å². The first-order chi connectivity index (χ1) is 15.1. The number of hydrogen-bond acceptors (Lipinski definition) is 6. The lowest BCUT2D eigenvalue weighted by molar-refractivity contribution is -0.152. The molecule has 2 atom stereocenters. The van der Waals surface area contributed by atoms with E-state index < -0.39 is 66.9 Å². The molecule has 13 heteroatoms. The number of esters is 2. The zero-order valence-corrected chi connectivity index (χ0v) is 17.7. The first-order valence-corrected chi connectivity index (χ1v) is 10.4. The molecule has 0 N–H and O–H groups in total. The van der Waals surface area contributed by atoms with Gasteiger partial charge in [0.15, 0.2) is 0 Å². The van der Waals surface area contributed by atoms with Gasteiger partial charge in [0.1, 0.15) is 11.8 Å². The summed E-state index contributed by atoms with van der Waals surface area (Å²) in [5.41, 5.74) is -1.67. The molecule has 0 spiro atoms. The van der Waals surface area contributed by atoms with Crippen molar-refractivity contribution in [2.45, 2.75) is 12.4 Å². The van der Waals surface area contributed by atoms with E-state index >= 15 is 0 Å². The summed E-state index contributed by atoms with van der Waals surface area (Å²) in [6.45, 7) is 0. The largest absolute Gasteiger partial charge is 0.466 e. The van der Waals surface area contributed by atoms with Gasteiger partial charge in [-0.05, 0) is 23.3 Å². The minimum Gasteiger partial charge on any atom is -0.466 e. The first-order valence-electron chi connectivity index (χ1n) is 8.88. The maximum absolute atomic E-state index is 13.9. The lowest BCUT2D eigenvalue weighted by Crippen LogP contribution is -2.36. The van der Waals surface area contributed by atoms with Gasteiger partial charge < -0.3 is 9.47 Å². The van der Waals surface area contributed by atoms with Crippen LogP contribution in [0.25, 0.3) is 0 Å². The van der Waals surface area contributed by atoms with Crippen LogP contribution >= 0.6 is 0 Å². The molecule has 2 unspecified atom stereocenters. The lowest BCUT2D eigenvalue weighted by atomic mass is 9.92. The van der Waals surface area contributed by atoms with Gasteiger partial charge >= 0.3 is 24.3 Å². The van der Waals surface area contributed by atoms with Crippen LogP contribution in [0.3, 0.4) is 0 Å². The van der Waals surface area contributed by atoms with Crippen molar-refractivity contribution in [3.05, 3.63) is 69.6 Å². The third kappa shape index (κ3) is 5.64. The Morgan fingerprint density at radius 1 is 0.788 bits per heavy atom. The predicted octanol–water partition coefficient (Wildman–Crippen LogP) is 3.86.